The van der Waals surface area contributed by atoms with E-state index in [1.165, 1.54) is 48.7 Å². The van der Waals surface area contributed by atoms with Gasteiger partial charge in [0, 0.05) is 38.4 Å². The zero-order valence-electron chi connectivity index (χ0n) is 25.1. The number of benzene rings is 2. The highest BCUT2D eigenvalue weighted by molar-refractivity contribution is 7.90. The number of carbonyl (C=O) groups excluding carboxylic acids is 3. The SMILES string of the molecule is CC(C)(C)OC(=O)N1CCC(Oc2cc(S(C)(=O)=O)ccc2C(=O)Nc2cc(C#N)ccc2C(=O)Nc2ccc(Cl)cn2)CC1. The van der Waals surface area contributed by atoms with Crippen LogP contribution in [0.2, 0.25) is 5.02 Å². The van der Waals surface area contributed by atoms with Crippen LogP contribution < -0.4 is 15.4 Å². The molecule has 0 aliphatic carbocycles. The van der Waals surface area contributed by atoms with Crippen molar-refractivity contribution in [3.05, 3.63) is 76.4 Å². The molecular formula is C31H32ClN5O7S. The summed E-state index contributed by atoms with van der Waals surface area (Å²) in [6.45, 7) is 6.03. The van der Waals surface area contributed by atoms with E-state index in [0.717, 1.165) is 6.26 Å². The van der Waals surface area contributed by atoms with E-state index >= 15 is 0 Å². The van der Waals surface area contributed by atoms with Crippen LogP contribution in [0.1, 0.15) is 59.9 Å². The maximum atomic E-state index is 13.6. The molecule has 3 aromatic rings. The first-order valence-electron chi connectivity index (χ1n) is 13.9. The van der Waals surface area contributed by atoms with Crippen LogP contribution in [0.3, 0.4) is 0 Å². The van der Waals surface area contributed by atoms with Crippen molar-refractivity contribution < 1.29 is 32.3 Å². The number of ether oxygens (including phenoxy) is 2. The Morgan fingerprint density at radius 2 is 1.67 bits per heavy atom. The third-order valence-corrected chi connectivity index (χ3v) is 7.96. The number of nitrogens with zero attached hydrogens (tertiary/aromatic N) is 3. The van der Waals surface area contributed by atoms with Crippen molar-refractivity contribution in [2.24, 2.45) is 0 Å². The second-order valence-electron chi connectivity index (χ2n) is 11.4. The highest BCUT2D eigenvalue weighted by Crippen LogP contribution is 2.29. The van der Waals surface area contributed by atoms with Crippen molar-refractivity contribution in [1.82, 2.24) is 9.88 Å². The van der Waals surface area contributed by atoms with Crippen molar-refractivity contribution in [3.8, 4) is 11.8 Å². The van der Waals surface area contributed by atoms with E-state index in [9.17, 15) is 28.1 Å². The normalized spacial score (nSPS) is 13.8. The van der Waals surface area contributed by atoms with Gasteiger partial charge in [-0.2, -0.15) is 5.26 Å². The number of likely N-dealkylation sites (tertiary alicyclic amines) is 1. The molecule has 1 aromatic heterocycles. The summed E-state index contributed by atoms with van der Waals surface area (Å²) in [5, 5.41) is 15.1. The summed E-state index contributed by atoms with van der Waals surface area (Å²) in [4.78, 5) is 44.8. The second-order valence-corrected chi connectivity index (χ2v) is 13.8. The maximum absolute atomic E-state index is 13.6. The first-order valence-corrected chi connectivity index (χ1v) is 16.2. The minimum atomic E-state index is -3.65. The van der Waals surface area contributed by atoms with E-state index in [-0.39, 0.29) is 38.8 Å². The van der Waals surface area contributed by atoms with Gasteiger partial charge in [0.15, 0.2) is 9.84 Å². The third-order valence-electron chi connectivity index (χ3n) is 6.62. The number of nitriles is 1. The Kier molecular flexibility index (Phi) is 10.00. The molecule has 0 saturated carbocycles. The van der Waals surface area contributed by atoms with Crippen LogP contribution in [0, 0.1) is 11.3 Å². The number of piperidine rings is 1. The number of halogens is 1. The molecule has 1 aliphatic heterocycles. The maximum Gasteiger partial charge on any atom is 0.410 e. The number of hydrogen-bond donors (Lipinski definition) is 2. The first kappa shape index (κ1) is 33.2. The smallest absolute Gasteiger partial charge is 0.410 e. The summed E-state index contributed by atoms with van der Waals surface area (Å²) >= 11 is 5.87. The molecule has 2 aromatic carbocycles. The van der Waals surface area contributed by atoms with Crippen molar-refractivity contribution in [1.29, 1.82) is 5.26 Å². The average Bonchev–Trinajstić information content (AvgIpc) is 2.97. The Hall–Kier alpha value is -4.67. The van der Waals surface area contributed by atoms with Gasteiger partial charge >= 0.3 is 6.09 Å². The fourth-order valence-electron chi connectivity index (χ4n) is 4.42. The molecule has 4 rings (SSSR count). The minimum absolute atomic E-state index is 0.00468. The number of amides is 3. The Bertz CT molecular complexity index is 1760. The Morgan fingerprint density at radius 1 is 1.00 bits per heavy atom. The Balaban J connectivity index is 1.58. The van der Waals surface area contributed by atoms with Crippen molar-refractivity contribution in [2.75, 3.05) is 30.0 Å². The van der Waals surface area contributed by atoms with E-state index in [2.05, 4.69) is 15.6 Å². The Labute approximate surface area is 266 Å². The molecular weight excluding hydrogens is 622 g/mol. The fourth-order valence-corrected chi connectivity index (χ4v) is 5.17. The largest absolute Gasteiger partial charge is 0.489 e. The van der Waals surface area contributed by atoms with Crippen LogP contribution in [0.15, 0.2) is 59.6 Å². The first-order chi connectivity index (χ1) is 21.1. The monoisotopic (exact) mass is 653 g/mol. The summed E-state index contributed by atoms with van der Waals surface area (Å²) in [7, 11) is -3.65. The summed E-state index contributed by atoms with van der Waals surface area (Å²) in [6, 6.07) is 13.1. The van der Waals surface area contributed by atoms with E-state index in [4.69, 9.17) is 21.1 Å². The number of rotatable bonds is 7. The van der Waals surface area contributed by atoms with E-state index in [0.29, 0.717) is 31.0 Å². The molecule has 0 atom stereocenters. The molecule has 45 heavy (non-hydrogen) atoms. The van der Waals surface area contributed by atoms with Crippen LogP contribution >= 0.6 is 11.6 Å². The van der Waals surface area contributed by atoms with Gasteiger partial charge in [-0.3, -0.25) is 9.59 Å². The molecule has 0 unspecified atom stereocenters. The number of nitrogens with one attached hydrogen (secondary N) is 2. The predicted octanol–water partition coefficient (Wildman–Crippen LogP) is 5.29. The number of pyridine rings is 1. The van der Waals surface area contributed by atoms with Crippen molar-refractivity contribution >= 4 is 50.9 Å². The summed E-state index contributed by atoms with van der Waals surface area (Å²) in [5.41, 5.74) is -0.367. The number of hydrogen-bond acceptors (Lipinski definition) is 9. The van der Waals surface area contributed by atoms with Gasteiger partial charge in [-0.15, -0.1) is 0 Å². The molecule has 0 radical (unpaired) electrons. The van der Waals surface area contributed by atoms with Crippen LogP contribution in [-0.2, 0) is 14.6 Å². The molecule has 1 aliphatic rings. The van der Waals surface area contributed by atoms with Gasteiger partial charge in [0.05, 0.1) is 38.4 Å². The van der Waals surface area contributed by atoms with Gasteiger partial charge in [-0.25, -0.2) is 18.2 Å². The summed E-state index contributed by atoms with van der Waals surface area (Å²) in [5.74, 6) is -1.08. The van der Waals surface area contributed by atoms with E-state index < -0.39 is 39.4 Å². The summed E-state index contributed by atoms with van der Waals surface area (Å²) in [6.07, 6.45) is 2.36. The average molecular weight is 654 g/mol. The number of anilines is 2. The van der Waals surface area contributed by atoms with Gasteiger partial charge in [-0.1, -0.05) is 11.6 Å². The lowest BCUT2D eigenvalue weighted by Gasteiger charge is -2.33. The highest BCUT2D eigenvalue weighted by atomic mass is 35.5. The molecule has 12 nitrogen and oxygen atoms in total. The molecule has 236 valence electrons. The van der Waals surface area contributed by atoms with Crippen LogP contribution in [0.5, 0.6) is 5.75 Å². The number of carbonyl (C=O) groups is 3. The topological polar surface area (TPSA) is 168 Å². The quantitative estimate of drug-likeness (QED) is 0.344. The second kappa shape index (κ2) is 13.5. The molecule has 2 N–H and O–H groups in total. The zero-order chi connectivity index (χ0) is 32.9. The van der Waals surface area contributed by atoms with Crippen LogP contribution in [-0.4, -0.2) is 67.3 Å². The van der Waals surface area contributed by atoms with Crippen molar-refractivity contribution in [3.63, 3.8) is 0 Å². The predicted molar refractivity (Wildman–Crippen MR) is 167 cm³/mol. The molecule has 2 heterocycles. The minimum Gasteiger partial charge on any atom is -0.489 e. The van der Waals surface area contributed by atoms with Gasteiger partial charge in [0.1, 0.15) is 23.3 Å². The lowest BCUT2D eigenvalue weighted by atomic mass is 10.1. The lowest BCUT2D eigenvalue weighted by molar-refractivity contribution is 0.0126. The van der Waals surface area contributed by atoms with E-state index in [1.54, 1.807) is 31.7 Å². The van der Waals surface area contributed by atoms with Crippen LogP contribution in [0.4, 0.5) is 16.3 Å². The molecule has 1 fully saturated rings. The van der Waals surface area contributed by atoms with Gasteiger partial charge in [-0.05, 0) is 69.3 Å². The van der Waals surface area contributed by atoms with Gasteiger partial charge in [0.2, 0.25) is 0 Å². The van der Waals surface area contributed by atoms with Crippen molar-refractivity contribution in [2.45, 2.75) is 50.2 Å². The molecule has 0 spiro atoms. The van der Waals surface area contributed by atoms with E-state index in [1.807, 2.05) is 6.07 Å². The molecule has 1 saturated heterocycles. The van der Waals surface area contributed by atoms with Gasteiger partial charge in [0.25, 0.3) is 11.8 Å². The van der Waals surface area contributed by atoms with Crippen LogP contribution in [0.25, 0.3) is 0 Å². The summed E-state index contributed by atoms with van der Waals surface area (Å²) < 4.78 is 36.3. The zero-order valence-corrected chi connectivity index (χ0v) is 26.7. The lowest BCUT2D eigenvalue weighted by Crippen LogP contribution is -2.44. The van der Waals surface area contributed by atoms with Gasteiger partial charge < -0.3 is 25.0 Å². The number of aromatic nitrogens is 1. The number of sulfone groups is 1. The third kappa shape index (κ3) is 8.93. The molecule has 0 bridgehead atoms. The molecule has 14 heteroatoms. The standard InChI is InChI=1S/C31H32ClN5O7S/c1-31(2,3)44-30(40)37-13-11-21(12-14-37)43-26-16-22(45(4,41)42)7-9-24(26)29(39)35-25-15-19(17-33)5-8-23(25)28(38)36-27-10-6-20(32)18-34-27/h5-10,15-16,18,21H,11-14H2,1-4H3,(H,35,39)(H,34,36,38). The Morgan fingerprint density at radius 3 is 2.27 bits per heavy atom. The highest BCUT2D eigenvalue weighted by Gasteiger charge is 2.29. The molecule has 3 amide bonds. The fraction of sp³-hybridized carbons (Fsp3) is 0.323.